The van der Waals surface area contributed by atoms with Gasteiger partial charge in [-0.3, -0.25) is 4.79 Å². The predicted molar refractivity (Wildman–Crippen MR) is 258 cm³/mol. The molecular weight excluding hydrogens is 711 g/mol. The van der Waals surface area contributed by atoms with E-state index in [1.807, 2.05) is 6.08 Å². The molecule has 4 nitrogen and oxygen atoms in total. The minimum absolute atomic E-state index is 0.0736. The van der Waals surface area contributed by atoms with Crippen LogP contribution in [0.1, 0.15) is 296 Å². The van der Waals surface area contributed by atoms with E-state index < -0.39 is 12.1 Å². The normalized spacial score (nSPS) is 13.0. The molecule has 0 aromatic rings. The van der Waals surface area contributed by atoms with Crippen molar-refractivity contribution in [2.45, 2.75) is 309 Å². The number of carbonyl (C=O) groups is 1. The maximum Gasteiger partial charge on any atom is 0.220 e. The monoisotopic (exact) mass is 816 g/mol. The van der Waals surface area contributed by atoms with Crippen LogP contribution in [0.25, 0.3) is 0 Å². The molecule has 0 radical (unpaired) electrons. The molecule has 0 aliphatic rings. The quantitative estimate of drug-likeness (QED) is 0.0423. The Morgan fingerprint density at radius 3 is 0.966 bits per heavy atom. The third kappa shape index (κ3) is 45.9. The second-order valence-corrected chi connectivity index (χ2v) is 18.3. The Hall–Kier alpha value is -1.13. The van der Waals surface area contributed by atoms with Crippen molar-refractivity contribution >= 4 is 5.91 Å². The van der Waals surface area contributed by atoms with Gasteiger partial charge in [0.05, 0.1) is 18.8 Å². The van der Waals surface area contributed by atoms with Gasteiger partial charge in [0.1, 0.15) is 0 Å². The molecule has 1 amide bonds. The van der Waals surface area contributed by atoms with Crippen LogP contribution >= 0.6 is 0 Å². The molecule has 3 N–H and O–H groups in total. The lowest BCUT2D eigenvalue weighted by Crippen LogP contribution is -2.45. The standard InChI is InChI=1S/C54H105NO3/c1-3-5-7-9-11-12-13-14-15-16-17-18-19-20-21-22-23-24-25-26-27-28-29-30-31-32-33-34-35-36-37-38-39-40-41-42-44-46-48-50-54(58)55-52(51-56)53(57)49-47-45-43-10-8-6-4-2/h8,10,47,49,52-53,56-57H,3-7,9,11-46,48,50-51H2,1-2H3,(H,55,58)/b10-8+,49-47+. The second-order valence-electron chi connectivity index (χ2n) is 18.3. The van der Waals surface area contributed by atoms with Crippen LogP contribution in [0.4, 0.5) is 0 Å². The van der Waals surface area contributed by atoms with Crippen LogP contribution in [0.2, 0.25) is 0 Å². The van der Waals surface area contributed by atoms with Crippen molar-refractivity contribution in [2.75, 3.05) is 6.61 Å². The number of carbonyl (C=O) groups excluding carboxylic acids is 1. The topological polar surface area (TPSA) is 69.6 Å². The van der Waals surface area contributed by atoms with Crippen molar-refractivity contribution in [1.29, 1.82) is 0 Å². The number of hydrogen-bond donors (Lipinski definition) is 3. The SMILES string of the molecule is CCC/C=C/CC/C=C/C(O)C(CO)NC(=O)CCCCCCCCCCCCCCCCCCCCCCCCCCCCCCCCCCCCCCCCC. The smallest absolute Gasteiger partial charge is 0.220 e. The minimum atomic E-state index is -0.855. The van der Waals surface area contributed by atoms with Crippen LogP contribution in [0, 0.1) is 0 Å². The fourth-order valence-corrected chi connectivity index (χ4v) is 8.38. The Morgan fingerprint density at radius 2 is 0.672 bits per heavy atom. The number of unbranched alkanes of at least 4 members (excludes halogenated alkanes) is 40. The van der Waals surface area contributed by atoms with E-state index in [4.69, 9.17) is 0 Å². The van der Waals surface area contributed by atoms with Crippen molar-refractivity contribution in [1.82, 2.24) is 5.32 Å². The van der Waals surface area contributed by atoms with E-state index in [1.54, 1.807) is 6.08 Å². The van der Waals surface area contributed by atoms with Crippen molar-refractivity contribution in [3.63, 3.8) is 0 Å². The molecule has 0 aromatic heterocycles. The Balaban J connectivity index is 3.28. The first-order valence-electron chi connectivity index (χ1n) is 26.6. The molecule has 0 bridgehead atoms. The van der Waals surface area contributed by atoms with Crippen LogP contribution in [-0.4, -0.2) is 34.9 Å². The van der Waals surface area contributed by atoms with E-state index in [1.165, 1.54) is 238 Å². The van der Waals surface area contributed by atoms with Crippen LogP contribution in [0.3, 0.4) is 0 Å². The van der Waals surface area contributed by atoms with Gasteiger partial charge in [-0.15, -0.1) is 0 Å². The third-order valence-electron chi connectivity index (χ3n) is 12.4. The Kier molecular flexibility index (Phi) is 49.2. The summed E-state index contributed by atoms with van der Waals surface area (Å²) in [5.74, 6) is -0.0736. The van der Waals surface area contributed by atoms with E-state index in [0.717, 1.165) is 38.5 Å². The van der Waals surface area contributed by atoms with E-state index in [9.17, 15) is 15.0 Å². The highest BCUT2D eigenvalue weighted by atomic mass is 16.3. The molecular formula is C54H105NO3. The molecule has 0 saturated heterocycles. The summed E-state index contributed by atoms with van der Waals surface area (Å²) in [6.45, 7) is 4.21. The van der Waals surface area contributed by atoms with Crippen LogP contribution in [-0.2, 0) is 4.79 Å². The maximum absolute atomic E-state index is 12.3. The number of amides is 1. The number of aliphatic hydroxyl groups is 2. The van der Waals surface area contributed by atoms with Gasteiger partial charge in [0.15, 0.2) is 0 Å². The fraction of sp³-hybridized carbons (Fsp3) is 0.907. The summed E-state index contributed by atoms with van der Waals surface area (Å²) in [6.07, 6.45) is 66.7. The molecule has 2 unspecified atom stereocenters. The zero-order chi connectivity index (χ0) is 42.1. The largest absolute Gasteiger partial charge is 0.394 e. The summed E-state index contributed by atoms with van der Waals surface area (Å²) in [4.78, 5) is 12.3. The summed E-state index contributed by atoms with van der Waals surface area (Å²) in [5, 5.41) is 22.8. The van der Waals surface area contributed by atoms with Crippen molar-refractivity contribution in [3.05, 3.63) is 24.3 Å². The molecule has 58 heavy (non-hydrogen) atoms. The maximum atomic E-state index is 12.3. The lowest BCUT2D eigenvalue weighted by atomic mass is 10.0. The van der Waals surface area contributed by atoms with E-state index in [2.05, 4.69) is 31.3 Å². The van der Waals surface area contributed by atoms with Gasteiger partial charge in [0, 0.05) is 6.42 Å². The first-order chi connectivity index (χ1) is 28.7. The molecule has 0 aromatic carbocycles. The average molecular weight is 816 g/mol. The molecule has 0 fully saturated rings. The zero-order valence-corrected chi connectivity index (χ0v) is 39.6. The lowest BCUT2D eigenvalue weighted by Gasteiger charge is -2.19. The Morgan fingerprint density at radius 1 is 0.397 bits per heavy atom. The summed E-state index contributed by atoms with van der Waals surface area (Å²) in [7, 11) is 0. The molecule has 0 aliphatic carbocycles. The minimum Gasteiger partial charge on any atom is -0.394 e. The van der Waals surface area contributed by atoms with E-state index in [0.29, 0.717) is 6.42 Å². The molecule has 0 spiro atoms. The van der Waals surface area contributed by atoms with Gasteiger partial charge in [-0.25, -0.2) is 0 Å². The van der Waals surface area contributed by atoms with Crippen molar-refractivity contribution < 1.29 is 15.0 Å². The molecule has 0 aliphatic heterocycles. The van der Waals surface area contributed by atoms with Crippen LogP contribution < -0.4 is 5.32 Å². The lowest BCUT2D eigenvalue weighted by molar-refractivity contribution is -0.123. The first kappa shape index (κ1) is 56.9. The molecule has 0 saturated carbocycles. The number of aliphatic hydroxyl groups excluding tert-OH is 2. The number of rotatable bonds is 49. The zero-order valence-electron chi connectivity index (χ0n) is 39.6. The number of allylic oxidation sites excluding steroid dienone is 3. The van der Waals surface area contributed by atoms with Gasteiger partial charge in [-0.05, 0) is 25.7 Å². The highest BCUT2D eigenvalue weighted by Gasteiger charge is 2.18. The molecule has 2 atom stereocenters. The first-order valence-corrected chi connectivity index (χ1v) is 26.6. The number of nitrogens with one attached hydrogen (secondary N) is 1. The molecule has 0 rings (SSSR count). The summed E-state index contributed by atoms with van der Waals surface area (Å²) < 4.78 is 0. The van der Waals surface area contributed by atoms with Gasteiger partial charge in [-0.1, -0.05) is 289 Å². The highest BCUT2D eigenvalue weighted by molar-refractivity contribution is 5.76. The average Bonchev–Trinajstić information content (AvgIpc) is 3.23. The van der Waals surface area contributed by atoms with Gasteiger partial charge in [0.25, 0.3) is 0 Å². The van der Waals surface area contributed by atoms with Crippen molar-refractivity contribution in [2.24, 2.45) is 0 Å². The Bertz CT molecular complexity index is 840. The van der Waals surface area contributed by atoms with Gasteiger partial charge >= 0.3 is 0 Å². The van der Waals surface area contributed by atoms with Crippen LogP contribution in [0.15, 0.2) is 24.3 Å². The van der Waals surface area contributed by atoms with E-state index >= 15 is 0 Å². The van der Waals surface area contributed by atoms with Crippen molar-refractivity contribution in [3.8, 4) is 0 Å². The molecule has 0 heterocycles. The fourth-order valence-electron chi connectivity index (χ4n) is 8.38. The van der Waals surface area contributed by atoms with Gasteiger partial charge < -0.3 is 15.5 Å². The Labute approximate surface area is 364 Å². The second kappa shape index (κ2) is 50.2. The third-order valence-corrected chi connectivity index (χ3v) is 12.4. The molecule has 344 valence electrons. The predicted octanol–water partition coefficient (Wildman–Crippen LogP) is 17.1. The molecule has 4 heteroatoms. The van der Waals surface area contributed by atoms with E-state index in [-0.39, 0.29) is 12.5 Å². The van der Waals surface area contributed by atoms with Gasteiger partial charge in [-0.2, -0.15) is 0 Å². The van der Waals surface area contributed by atoms with Gasteiger partial charge in [0.2, 0.25) is 5.91 Å². The summed E-state index contributed by atoms with van der Waals surface area (Å²) >= 11 is 0. The highest BCUT2D eigenvalue weighted by Crippen LogP contribution is 2.18. The summed E-state index contributed by atoms with van der Waals surface area (Å²) in [5.41, 5.74) is 0. The summed E-state index contributed by atoms with van der Waals surface area (Å²) in [6, 6.07) is -0.632. The number of hydrogen-bond acceptors (Lipinski definition) is 3. The van der Waals surface area contributed by atoms with Crippen LogP contribution in [0.5, 0.6) is 0 Å².